The van der Waals surface area contributed by atoms with Gasteiger partial charge in [0.05, 0.1) is 21.2 Å². The number of carbonyl (C=O) groups is 2. The van der Waals surface area contributed by atoms with Gasteiger partial charge < -0.3 is 9.80 Å². The van der Waals surface area contributed by atoms with Gasteiger partial charge in [-0.25, -0.2) is 22.6 Å². The second-order valence-corrected chi connectivity index (χ2v) is 11.3. The number of hydrogen-bond donors (Lipinski definition) is 2. The fourth-order valence-corrected chi connectivity index (χ4v) is 6.03. The summed E-state index contributed by atoms with van der Waals surface area (Å²) in [6, 6.07) is 10.3. The van der Waals surface area contributed by atoms with Crippen molar-refractivity contribution >= 4 is 54.3 Å². The van der Waals surface area contributed by atoms with E-state index in [2.05, 4.69) is 15.0 Å². The average Bonchev–Trinajstić information content (AvgIpc) is 3.60. The second-order valence-electron chi connectivity index (χ2n) is 8.27. The van der Waals surface area contributed by atoms with Crippen molar-refractivity contribution in [3.63, 3.8) is 0 Å². The SMILES string of the molecule is O=C(Nc1nc2ccc(NS(=O)(=O)C3CC3)cc2s1)N1CCN(C(=O)c2cccc(F)c2)CC1. The number of fused-ring (bicyclic) bond motifs is 1. The molecule has 0 bridgehead atoms. The molecule has 3 amide bonds. The lowest BCUT2D eigenvalue weighted by atomic mass is 10.2. The Balaban J connectivity index is 1.19. The molecule has 178 valence electrons. The average molecular weight is 504 g/mol. The van der Waals surface area contributed by atoms with Gasteiger partial charge in [-0.3, -0.25) is 14.8 Å². The molecule has 9 nitrogen and oxygen atoms in total. The second kappa shape index (κ2) is 8.84. The van der Waals surface area contributed by atoms with E-state index >= 15 is 0 Å². The smallest absolute Gasteiger partial charge is 0.323 e. The Morgan fingerprint density at radius 1 is 1.03 bits per heavy atom. The van der Waals surface area contributed by atoms with E-state index in [1.807, 2.05) is 0 Å². The maximum atomic E-state index is 13.4. The monoisotopic (exact) mass is 503 g/mol. The van der Waals surface area contributed by atoms with E-state index in [9.17, 15) is 22.4 Å². The molecule has 0 spiro atoms. The maximum Gasteiger partial charge on any atom is 0.323 e. The van der Waals surface area contributed by atoms with Gasteiger partial charge in [0.1, 0.15) is 5.82 Å². The van der Waals surface area contributed by atoms with E-state index in [0.717, 1.165) is 4.70 Å². The third-order valence-electron chi connectivity index (χ3n) is 5.75. The summed E-state index contributed by atoms with van der Waals surface area (Å²) in [6.07, 6.45) is 1.36. The molecule has 2 heterocycles. The Hall–Kier alpha value is -3.25. The fraction of sp³-hybridized carbons (Fsp3) is 0.318. The predicted octanol–water partition coefficient (Wildman–Crippen LogP) is 3.33. The number of aromatic nitrogens is 1. The Morgan fingerprint density at radius 3 is 2.47 bits per heavy atom. The summed E-state index contributed by atoms with van der Waals surface area (Å²) in [7, 11) is -3.35. The molecule has 2 N–H and O–H groups in total. The van der Waals surface area contributed by atoms with Gasteiger partial charge in [-0.2, -0.15) is 0 Å². The highest BCUT2D eigenvalue weighted by Crippen LogP contribution is 2.32. The van der Waals surface area contributed by atoms with Crippen molar-refractivity contribution in [3.8, 4) is 0 Å². The number of halogens is 1. The van der Waals surface area contributed by atoms with Gasteiger partial charge in [-0.05, 0) is 49.2 Å². The van der Waals surface area contributed by atoms with Gasteiger partial charge in [-0.1, -0.05) is 17.4 Å². The van der Waals surface area contributed by atoms with E-state index in [0.29, 0.717) is 55.4 Å². The molecule has 12 heteroatoms. The fourth-order valence-electron chi connectivity index (χ4n) is 3.75. The van der Waals surface area contributed by atoms with Crippen LogP contribution < -0.4 is 10.0 Å². The number of piperazine rings is 1. The van der Waals surface area contributed by atoms with Crippen LogP contribution in [-0.2, 0) is 10.0 Å². The summed E-state index contributed by atoms with van der Waals surface area (Å²) >= 11 is 1.25. The molecule has 1 aliphatic carbocycles. The molecule has 3 aromatic rings. The molecular weight excluding hydrogens is 481 g/mol. The zero-order valence-electron chi connectivity index (χ0n) is 18.0. The minimum absolute atomic E-state index is 0.265. The van der Waals surface area contributed by atoms with Crippen LogP contribution in [0.4, 0.5) is 20.0 Å². The van der Waals surface area contributed by atoms with Crippen molar-refractivity contribution in [2.24, 2.45) is 0 Å². The molecule has 1 saturated heterocycles. The topological polar surface area (TPSA) is 112 Å². The van der Waals surface area contributed by atoms with Crippen molar-refractivity contribution in [2.45, 2.75) is 18.1 Å². The van der Waals surface area contributed by atoms with Crippen LogP contribution in [0.1, 0.15) is 23.2 Å². The number of sulfonamides is 1. The van der Waals surface area contributed by atoms with Gasteiger partial charge in [0.15, 0.2) is 5.13 Å². The van der Waals surface area contributed by atoms with E-state index in [1.54, 1.807) is 34.1 Å². The van der Waals surface area contributed by atoms with Gasteiger partial charge >= 0.3 is 6.03 Å². The molecule has 2 aromatic carbocycles. The number of hydrogen-bond acceptors (Lipinski definition) is 6. The lowest BCUT2D eigenvalue weighted by Crippen LogP contribution is -2.51. The van der Waals surface area contributed by atoms with Crippen LogP contribution in [0.5, 0.6) is 0 Å². The van der Waals surface area contributed by atoms with Crippen molar-refractivity contribution in [1.82, 2.24) is 14.8 Å². The van der Waals surface area contributed by atoms with Crippen LogP contribution in [0.3, 0.4) is 0 Å². The highest BCUT2D eigenvalue weighted by molar-refractivity contribution is 7.93. The molecule has 1 aliphatic heterocycles. The van der Waals surface area contributed by atoms with Crippen LogP contribution in [0.2, 0.25) is 0 Å². The number of urea groups is 1. The number of nitrogens with one attached hydrogen (secondary N) is 2. The Morgan fingerprint density at radius 2 is 1.76 bits per heavy atom. The zero-order valence-corrected chi connectivity index (χ0v) is 19.7. The van der Waals surface area contributed by atoms with E-state index in [4.69, 9.17) is 0 Å². The van der Waals surface area contributed by atoms with Gasteiger partial charge in [-0.15, -0.1) is 0 Å². The van der Waals surface area contributed by atoms with Crippen LogP contribution in [-0.4, -0.2) is 66.6 Å². The summed E-state index contributed by atoms with van der Waals surface area (Å²) in [4.78, 5) is 32.9. The number of nitrogens with zero attached hydrogens (tertiary/aromatic N) is 3. The molecule has 34 heavy (non-hydrogen) atoms. The lowest BCUT2D eigenvalue weighted by molar-refractivity contribution is 0.0671. The number of thiazole rings is 1. The minimum Gasteiger partial charge on any atom is -0.335 e. The predicted molar refractivity (Wildman–Crippen MR) is 128 cm³/mol. The lowest BCUT2D eigenvalue weighted by Gasteiger charge is -2.34. The first-order chi connectivity index (χ1) is 16.3. The van der Waals surface area contributed by atoms with Gasteiger partial charge in [0, 0.05) is 31.7 Å². The number of amides is 3. The van der Waals surface area contributed by atoms with Crippen molar-refractivity contribution < 1.29 is 22.4 Å². The van der Waals surface area contributed by atoms with Crippen molar-refractivity contribution in [2.75, 3.05) is 36.2 Å². The van der Waals surface area contributed by atoms with E-state index < -0.39 is 15.8 Å². The normalized spacial score (nSPS) is 16.5. The molecule has 5 rings (SSSR count). The van der Waals surface area contributed by atoms with E-state index in [1.165, 1.54) is 29.5 Å². The number of rotatable bonds is 5. The number of benzene rings is 2. The molecule has 2 aliphatic rings. The Bertz CT molecular complexity index is 1360. The van der Waals surface area contributed by atoms with E-state index in [-0.39, 0.29) is 22.8 Å². The summed E-state index contributed by atoms with van der Waals surface area (Å²) in [5.41, 5.74) is 1.41. The third kappa shape index (κ3) is 4.82. The zero-order chi connectivity index (χ0) is 23.9. The van der Waals surface area contributed by atoms with Crippen LogP contribution in [0.25, 0.3) is 10.2 Å². The molecule has 1 aromatic heterocycles. The summed E-state index contributed by atoms with van der Waals surface area (Å²) in [6.45, 7) is 1.36. The molecular formula is C22H22FN5O4S2. The first-order valence-electron chi connectivity index (χ1n) is 10.8. The van der Waals surface area contributed by atoms with Crippen molar-refractivity contribution in [3.05, 3.63) is 53.8 Å². The third-order valence-corrected chi connectivity index (χ3v) is 8.55. The molecule has 0 unspecified atom stereocenters. The highest BCUT2D eigenvalue weighted by atomic mass is 32.2. The van der Waals surface area contributed by atoms with Gasteiger partial charge in [0.2, 0.25) is 10.0 Å². The number of carbonyl (C=O) groups excluding carboxylic acids is 2. The molecule has 0 atom stereocenters. The van der Waals surface area contributed by atoms with Crippen LogP contribution >= 0.6 is 11.3 Å². The Kier molecular flexibility index (Phi) is 5.86. The Labute approximate surface area is 199 Å². The van der Waals surface area contributed by atoms with Crippen molar-refractivity contribution in [1.29, 1.82) is 0 Å². The summed E-state index contributed by atoms with van der Waals surface area (Å²) in [5, 5.41) is 2.87. The minimum atomic E-state index is -3.35. The molecule has 0 radical (unpaired) electrons. The number of anilines is 2. The van der Waals surface area contributed by atoms with Crippen LogP contribution in [0, 0.1) is 5.82 Å². The standard InChI is InChI=1S/C22H22FN5O4S2/c23-15-3-1-2-14(12-15)20(29)27-8-10-28(11-9-27)22(30)25-21-24-18-7-4-16(13-19(18)33-21)26-34(31,32)17-5-6-17/h1-4,7,12-13,17,26H,5-6,8-11H2,(H,24,25,30). The largest absolute Gasteiger partial charge is 0.335 e. The summed E-state index contributed by atoms with van der Waals surface area (Å²) < 4.78 is 41.1. The first-order valence-corrected chi connectivity index (χ1v) is 13.2. The summed E-state index contributed by atoms with van der Waals surface area (Å²) in [5.74, 6) is -0.731. The van der Waals surface area contributed by atoms with Gasteiger partial charge in [0.25, 0.3) is 5.91 Å². The quantitative estimate of drug-likeness (QED) is 0.555. The molecule has 1 saturated carbocycles. The first kappa shape index (κ1) is 22.5. The molecule has 2 fully saturated rings. The maximum absolute atomic E-state index is 13.4. The van der Waals surface area contributed by atoms with Crippen LogP contribution in [0.15, 0.2) is 42.5 Å². The highest BCUT2D eigenvalue weighted by Gasteiger charge is 2.35.